The van der Waals surface area contributed by atoms with Gasteiger partial charge in [0.15, 0.2) is 11.3 Å². The maximum Gasteiger partial charge on any atom is 0.291 e. The Balaban J connectivity index is 1.43. The number of furan rings is 1. The zero-order valence-electron chi connectivity index (χ0n) is 14.5. The van der Waals surface area contributed by atoms with Crippen molar-refractivity contribution in [2.75, 3.05) is 5.32 Å². The minimum Gasteiger partial charge on any atom is -0.451 e. The Kier molecular flexibility index (Phi) is 3.98. The van der Waals surface area contributed by atoms with Gasteiger partial charge in [-0.3, -0.25) is 4.79 Å². The number of hydrogen-bond donors (Lipinski definition) is 1. The topological polar surface area (TPSA) is 68.3 Å². The number of benzene rings is 3. The molecule has 28 heavy (non-hydrogen) atoms. The van der Waals surface area contributed by atoms with Crippen LogP contribution in [0.1, 0.15) is 10.6 Å². The third-order valence-corrected chi connectivity index (χ3v) is 4.86. The molecule has 0 unspecified atom stereocenters. The fraction of sp³-hybridized carbons (Fsp3) is 0. The minimum absolute atomic E-state index is 0.260. The Morgan fingerprint density at radius 1 is 0.893 bits per heavy atom. The molecule has 0 fully saturated rings. The Hall–Kier alpha value is -3.38. The lowest BCUT2D eigenvalue weighted by atomic mass is 10.2. The highest BCUT2D eigenvalue weighted by atomic mass is 79.9. The molecule has 0 bridgehead atoms. The van der Waals surface area contributed by atoms with Gasteiger partial charge in [0.1, 0.15) is 11.1 Å². The number of nitrogens with zero attached hydrogens (tertiary/aromatic N) is 1. The van der Waals surface area contributed by atoms with E-state index in [2.05, 4.69) is 26.2 Å². The molecule has 6 heteroatoms. The molecule has 0 saturated carbocycles. The molecule has 0 aliphatic heterocycles. The number of halogens is 1. The summed E-state index contributed by atoms with van der Waals surface area (Å²) in [7, 11) is 0. The quantitative estimate of drug-likeness (QED) is 0.365. The highest BCUT2D eigenvalue weighted by Crippen LogP contribution is 2.28. The van der Waals surface area contributed by atoms with Crippen molar-refractivity contribution in [2.45, 2.75) is 0 Å². The van der Waals surface area contributed by atoms with Crippen molar-refractivity contribution < 1.29 is 13.6 Å². The minimum atomic E-state index is -0.314. The Bertz CT molecular complexity index is 1300. The second-order valence-corrected chi connectivity index (χ2v) is 7.23. The molecule has 2 heterocycles. The first-order valence-corrected chi connectivity index (χ1v) is 9.41. The van der Waals surface area contributed by atoms with E-state index in [1.165, 1.54) is 0 Å². The van der Waals surface area contributed by atoms with Crippen LogP contribution < -0.4 is 5.32 Å². The average molecular weight is 433 g/mol. The number of anilines is 1. The van der Waals surface area contributed by atoms with Gasteiger partial charge in [-0.15, -0.1) is 0 Å². The summed E-state index contributed by atoms with van der Waals surface area (Å²) in [5.74, 6) is 0.472. The summed E-state index contributed by atoms with van der Waals surface area (Å²) in [6.07, 6.45) is 0. The van der Waals surface area contributed by atoms with E-state index in [-0.39, 0.29) is 11.7 Å². The van der Waals surface area contributed by atoms with Crippen LogP contribution in [0.15, 0.2) is 86.1 Å². The molecule has 3 aromatic carbocycles. The summed E-state index contributed by atoms with van der Waals surface area (Å²) in [5.41, 5.74) is 3.48. The van der Waals surface area contributed by atoms with Crippen LogP contribution in [0.2, 0.25) is 0 Å². The number of oxazole rings is 1. The molecular weight excluding hydrogens is 420 g/mol. The number of aromatic nitrogens is 1. The van der Waals surface area contributed by atoms with Gasteiger partial charge in [-0.05, 0) is 48.5 Å². The van der Waals surface area contributed by atoms with Gasteiger partial charge < -0.3 is 14.2 Å². The van der Waals surface area contributed by atoms with Gasteiger partial charge in [-0.2, -0.15) is 0 Å². The third-order valence-electron chi connectivity index (χ3n) is 4.37. The highest BCUT2D eigenvalue weighted by Gasteiger charge is 2.14. The van der Waals surface area contributed by atoms with Gasteiger partial charge in [0.25, 0.3) is 5.91 Å². The second-order valence-electron chi connectivity index (χ2n) is 6.31. The van der Waals surface area contributed by atoms with Gasteiger partial charge in [0.2, 0.25) is 5.89 Å². The van der Waals surface area contributed by atoms with E-state index in [1.54, 1.807) is 24.3 Å². The van der Waals surface area contributed by atoms with Crippen LogP contribution >= 0.6 is 15.9 Å². The van der Waals surface area contributed by atoms with Crippen molar-refractivity contribution in [1.82, 2.24) is 4.98 Å². The number of para-hydroxylation sites is 1. The molecule has 0 radical (unpaired) electrons. The maximum absolute atomic E-state index is 12.5. The van der Waals surface area contributed by atoms with Crippen LogP contribution in [0, 0.1) is 0 Å². The molecular formula is C22H13BrN2O3. The summed E-state index contributed by atoms with van der Waals surface area (Å²) in [4.78, 5) is 17.1. The number of carbonyl (C=O) groups excluding carboxylic acids is 1. The lowest BCUT2D eigenvalue weighted by molar-refractivity contribution is 0.0998. The van der Waals surface area contributed by atoms with Crippen LogP contribution in [-0.4, -0.2) is 10.9 Å². The van der Waals surface area contributed by atoms with Crippen LogP contribution in [0.3, 0.4) is 0 Å². The van der Waals surface area contributed by atoms with Gasteiger partial charge in [0, 0.05) is 21.1 Å². The monoisotopic (exact) mass is 432 g/mol. The van der Waals surface area contributed by atoms with E-state index < -0.39 is 0 Å². The molecule has 136 valence electrons. The van der Waals surface area contributed by atoms with Crippen molar-refractivity contribution in [3.8, 4) is 11.5 Å². The van der Waals surface area contributed by atoms with E-state index in [0.29, 0.717) is 28.3 Å². The van der Waals surface area contributed by atoms with Crippen LogP contribution in [0.25, 0.3) is 33.5 Å². The van der Waals surface area contributed by atoms with E-state index >= 15 is 0 Å². The van der Waals surface area contributed by atoms with E-state index in [9.17, 15) is 4.79 Å². The SMILES string of the molecule is O=C(Nc1ccc2oc(-c3cccc(Br)c3)nc2c1)c1cc2ccccc2o1. The van der Waals surface area contributed by atoms with Crippen molar-refractivity contribution in [2.24, 2.45) is 0 Å². The van der Waals surface area contributed by atoms with Gasteiger partial charge in [-0.1, -0.05) is 40.2 Å². The number of rotatable bonds is 3. The number of carbonyl (C=O) groups is 1. The third kappa shape index (κ3) is 3.08. The van der Waals surface area contributed by atoms with Gasteiger partial charge in [-0.25, -0.2) is 4.98 Å². The molecule has 2 aromatic heterocycles. The second kappa shape index (κ2) is 6.65. The number of nitrogens with one attached hydrogen (secondary N) is 1. The molecule has 0 aliphatic carbocycles. The smallest absolute Gasteiger partial charge is 0.291 e. The summed E-state index contributed by atoms with van der Waals surface area (Å²) in [6.45, 7) is 0. The predicted octanol–water partition coefficient (Wildman–Crippen LogP) is 6.26. The number of hydrogen-bond acceptors (Lipinski definition) is 4. The lowest BCUT2D eigenvalue weighted by Gasteiger charge is -2.02. The molecule has 0 spiro atoms. The predicted molar refractivity (Wildman–Crippen MR) is 111 cm³/mol. The summed E-state index contributed by atoms with van der Waals surface area (Å²) in [6, 6.07) is 22.3. The summed E-state index contributed by atoms with van der Waals surface area (Å²) in [5, 5.41) is 3.73. The van der Waals surface area contributed by atoms with E-state index in [1.807, 2.05) is 48.5 Å². The highest BCUT2D eigenvalue weighted by molar-refractivity contribution is 9.10. The zero-order valence-corrected chi connectivity index (χ0v) is 16.1. The maximum atomic E-state index is 12.5. The largest absolute Gasteiger partial charge is 0.451 e. The molecule has 5 rings (SSSR count). The molecule has 1 N–H and O–H groups in total. The van der Waals surface area contributed by atoms with Crippen molar-refractivity contribution in [3.05, 3.63) is 83.0 Å². The molecule has 5 nitrogen and oxygen atoms in total. The molecule has 0 aliphatic rings. The fourth-order valence-electron chi connectivity index (χ4n) is 3.04. The van der Waals surface area contributed by atoms with Crippen molar-refractivity contribution in [1.29, 1.82) is 0 Å². The van der Waals surface area contributed by atoms with Gasteiger partial charge in [0.05, 0.1) is 0 Å². The van der Waals surface area contributed by atoms with Crippen LogP contribution in [0.4, 0.5) is 5.69 Å². The number of amides is 1. The Labute approximate surface area is 168 Å². The number of fused-ring (bicyclic) bond motifs is 2. The van der Waals surface area contributed by atoms with Crippen LogP contribution in [-0.2, 0) is 0 Å². The van der Waals surface area contributed by atoms with Crippen LogP contribution in [0.5, 0.6) is 0 Å². The van der Waals surface area contributed by atoms with E-state index in [0.717, 1.165) is 15.4 Å². The molecule has 5 aromatic rings. The first kappa shape index (κ1) is 16.8. The first-order chi connectivity index (χ1) is 13.7. The zero-order chi connectivity index (χ0) is 19.1. The fourth-order valence-corrected chi connectivity index (χ4v) is 3.44. The Morgan fingerprint density at radius 2 is 1.79 bits per heavy atom. The molecule has 0 atom stereocenters. The Morgan fingerprint density at radius 3 is 2.64 bits per heavy atom. The standard InChI is InChI=1S/C22H13BrN2O3/c23-15-6-3-5-14(10-15)22-25-17-12-16(8-9-19(17)28-22)24-21(26)20-11-13-4-1-2-7-18(13)27-20/h1-12H,(H,24,26). The first-order valence-electron chi connectivity index (χ1n) is 8.62. The summed E-state index contributed by atoms with van der Waals surface area (Å²) < 4.78 is 12.4. The van der Waals surface area contributed by atoms with Gasteiger partial charge >= 0.3 is 0 Å². The van der Waals surface area contributed by atoms with Crippen molar-refractivity contribution >= 4 is 49.6 Å². The average Bonchev–Trinajstić information content (AvgIpc) is 3.32. The summed E-state index contributed by atoms with van der Waals surface area (Å²) >= 11 is 3.45. The molecule has 1 amide bonds. The normalized spacial score (nSPS) is 11.2. The van der Waals surface area contributed by atoms with Crippen molar-refractivity contribution in [3.63, 3.8) is 0 Å². The van der Waals surface area contributed by atoms with E-state index in [4.69, 9.17) is 8.83 Å². The molecule has 0 saturated heterocycles. The lowest BCUT2D eigenvalue weighted by Crippen LogP contribution is -2.10.